The van der Waals surface area contributed by atoms with E-state index >= 15 is 0 Å². The first-order chi connectivity index (χ1) is 9.20. The molecular weight excluding hydrogens is 262 g/mol. The third-order valence-corrected chi connectivity index (χ3v) is 5.16. The van der Waals surface area contributed by atoms with E-state index in [2.05, 4.69) is 22.9 Å². The Morgan fingerprint density at radius 3 is 3.05 bits per heavy atom. The van der Waals surface area contributed by atoms with Gasteiger partial charge in [-0.25, -0.2) is 4.79 Å². The lowest BCUT2D eigenvalue weighted by molar-refractivity contribution is -0.121. The highest BCUT2D eigenvalue weighted by Gasteiger charge is 2.42. The Morgan fingerprint density at radius 1 is 1.42 bits per heavy atom. The highest BCUT2D eigenvalue weighted by Crippen LogP contribution is 2.33. The normalized spacial score (nSPS) is 28.7. The zero-order chi connectivity index (χ0) is 13.7. The van der Waals surface area contributed by atoms with Gasteiger partial charge in [-0.1, -0.05) is 13.3 Å². The van der Waals surface area contributed by atoms with Gasteiger partial charge in [0.1, 0.15) is 0 Å². The highest BCUT2D eigenvalue weighted by atomic mass is 32.2. The van der Waals surface area contributed by atoms with Gasteiger partial charge >= 0.3 is 6.03 Å². The third kappa shape index (κ3) is 4.03. The van der Waals surface area contributed by atoms with Crippen molar-refractivity contribution in [3.63, 3.8) is 0 Å². The molecular formula is C13H23N3O2S. The topological polar surface area (TPSA) is 70.2 Å². The number of urea groups is 1. The number of amides is 3. The summed E-state index contributed by atoms with van der Waals surface area (Å²) in [5.41, 5.74) is 0. The van der Waals surface area contributed by atoms with E-state index in [1.54, 1.807) is 0 Å². The second-order valence-corrected chi connectivity index (χ2v) is 6.49. The van der Waals surface area contributed by atoms with Crippen LogP contribution in [0, 0.1) is 0 Å². The number of thioether (sulfide) groups is 1. The molecule has 0 aromatic rings. The molecule has 3 N–H and O–H groups in total. The van der Waals surface area contributed by atoms with Crippen molar-refractivity contribution in [2.24, 2.45) is 0 Å². The Bertz CT molecular complexity index is 338. The van der Waals surface area contributed by atoms with Gasteiger partial charge in [-0.05, 0) is 19.3 Å². The van der Waals surface area contributed by atoms with Crippen LogP contribution in [0.1, 0.15) is 39.0 Å². The van der Waals surface area contributed by atoms with Crippen LogP contribution in [0.5, 0.6) is 0 Å². The van der Waals surface area contributed by atoms with Crippen LogP contribution in [0.2, 0.25) is 0 Å². The Balaban J connectivity index is 1.59. The van der Waals surface area contributed by atoms with E-state index in [0.29, 0.717) is 17.7 Å². The second-order valence-electron chi connectivity index (χ2n) is 5.22. The first-order valence-corrected chi connectivity index (χ1v) is 8.21. The van der Waals surface area contributed by atoms with Crippen molar-refractivity contribution in [1.29, 1.82) is 0 Å². The van der Waals surface area contributed by atoms with Crippen molar-refractivity contribution >= 4 is 23.7 Å². The molecule has 19 heavy (non-hydrogen) atoms. The summed E-state index contributed by atoms with van der Waals surface area (Å²) in [5, 5.41) is 9.33. The van der Waals surface area contributed by atoms with Gasteiger partial charge in [0, 0.05) is 24.0 Å². The zero-order valence-electron chi connectivity index (χ0n) is 11.4. The smallest absolute Gasteiger partial charge is 0.315 e. The predicted molar refractivity (Wildman–Crippen MR) is 77.3 cm³/mol. The quantitative estimate of drug-likeness (QED) is 0.487. The Labute approximate surface area is 118 Å². The van der Waals surface area contributed by atoms with Crippen LogP contribution in [0.4, 0.5) is 4.79 Å². The minimum absolute atomic E-state index is 0.0285. The van der Waals surface area contributed by atoms with Gasteiger partial charge in [0.2, 0.25) is 5.91 Å². The second kappa shape index (κ2) is 7.03. The maximum absolute atomic E-state index is 11.4. The molecule has 3 amide bonds. The molecule has 0 unspecified atom stereocenters. The molecule has 0 radical (unpaired) electrons. The summed E-state index contributed by atoms with van der Waals surface area (Å²) in [6.45, 7) is 2.83. The zero-order valence-corrected chi connectivity index (χ0v) is 12.2. The lowest BCUT2D eigenvalue weighted by Gasteiger charge is -2.16. The molecule has 2 rings (SSSR count). The molecule has 3 atom stereocenters. The maximum atomic E-state index is 11.4. The van der Waals surface area contributed by atoms with E-state index in [1.165, 1.54) is 0 Å². The molecule has 2 heterocycles. The van der Waals surface area contributed by atoms with Crippen LogP contribution >= 0.6 is 11.8 Å². The number of hydrogen-bond donors (Lipinski definition) is 3. The van der Waals surface area contributed by atoms with Crippen molar-refractivity contribution < 1.29 is 9.59 Å². The fourth-order valence-corrected chi connectivity index (χ4v) is 4.17. The minimum atomic E-state index is -0.0285. The van der Waals surface area contributed by atoms with E-state index in [0.717, 1.165) is 38.0 Å². The van der Waals surface area contributed by atoms with Gasteiger partial charge in [0.05, 0.1) is 12.1 Å². The number of carbonyl (C=O) groups is 2. The fraction of sp³-hybridized carbons (Fsp3) is 0.846. The molecule has 108 valence electrons. The van der Waals surface area contributed by atoms with Gasteiger partial charge in [-0.15, -0.1) is 0 Å². The molecule has 2 fully saturated rings. The van der Waals surface area contributed by atoms with E-state index in [-0.39, 0.29) is 18.0 Å². The van der Waals surface area contributed by atoms with Crippen LogP contribution in [-0.4, -0.2) is 41.6 Å². The van der Waals surface area contributed by atoms with Gasteiger partial charge < -0.3 is 16.0 Å². The highest BCUT2D eigenvalue weighted by molar-refractivity contribution is 8.00. The molecule has 2 aliphatic heterocycles. The first-order valence-electron chi connectivity index (χ1n) is 7.16. The van der Waals surface area contributed by atoms with E-state index in [4.69, 9.17) is 0 Å². The summed E-state index contributed by atoms with van der Waals surface area (Å²) in [6.07, 6.45) is 4.67. The number of rotatable bonds is 7. The Kier molecular flexibility index (Phi) is 5.36. The number of carbonyl (C=O) groups excluding carboxylic acids is 2. The molecule has 5 nitrogen and oxygen atoms in total. The van der Waals surface area contributed by atoms with Crippen LogP contribution in [0.3, 0.4) is 0 Å². The number of unbranched alkanes of at least 4 members (excludes halogenated alkanes) is 1. The largest absolute Gasteiger partial charge is 0.356 e. The molecule has 0 bridgehead atoms. The third-order valence-electron chi connectivity index (χ3n) is 3.65. The molecule has 6 heteroatoms. The lowest BCUT2D eigenvalue weighted by Crippen LogP contribution is -2.36. The lowest BCUT2D eigenvalue weighted by atomic mass is 10.0. The standard InChI is InChI=1S/C13H23N3O2S/c1-2-7-14-11(17)6-4-3-5-10-12-9(8-19-10)15-13(18)16-12/h9-10,12H,2-8H2,1H3,(H,14,17)(H2,15,16,18)/t9-,10+,12-/m0/s1. The van der Waals surface area contributed by atoms with Crippen molar-refractivity contribution in [1.82, 2.24) is 16.0 Å². The van der Waals surface area contributed by atoms with Crippen molar-refractivity contribution in [3.05, 3.63) is 0 Å². The van der Waals surface area contributed by atoms with Gasteiger partial charge in [0.15, 0.2) is 0 Å². The summed E-state index contributed by atoms with van der Waals surface area (Å²) in [4.78, 5) is 22.7. The van der Waals surface area contributed by atoms with Crippen LogP contribution in [0.15, 0.2) is 0 Å². The van der Waals surface area contributed by atoms with Crippen LogP contribution in [-0.2, 0) is 4.79 Å². The first kappa shape index (κ1) is 14.5. The molecule has 0 aromatic heterocycles. The summed E-state index contributed by atoms with van der Waals surface area (Å²) in [5.74, 6) is 1.17. The SMILES string of the molecule is CCCNC(=O)CCCC[C@H]1SC[C@@H]2NC(=O)N[C@@H]21. The molecule has 0 aromatic carbocycles. The van der Waals surface area contributed by atoms with Crippen molar-refractivity contribution in [2.75, 3.05) is 12.3 Å². The van der Waals surface area contributed by atoms with Gasteiger partial charge in [-0.3, -0.25) is 4.79 Å². The van der Waals surface area contributed by atoms with E-state index < -0.39 is 0 Å². The summed E-state index contributed by atoms with van der Waals surface area (Å²) < 4.78 is 0. The summed E-state index contributed by atoms with van der Waals surface area (Å²) in [6, 6.07) is 0.556. The average molecular weight is 285 g/mol. The number of fused-ring (bicyclic) bond motifs is 1. The van der Waals surface area contributed by atoms with Gasteiger partial charge in [0.25, 0.3) is 0 Å². The van der Waals surface area contributed by atoms with Crippen molar-refractivity contribution in [2.45, 2.75) is 56.4 Å². The molecule has 2 saturated heterocycles. The molecule has 0 aliphatic carbocycles. The Hall–Kier alpha value is -0.910. The van der Waals surface area contributed by atoms with E-state index in [9.17, 15) is 9.59 Å². The van der Waals surface area contributed by atoms with Crippen LogP contribution < -0.4 is 16.0 Å². The predicted octanol–water partition coefficient (Wildman–Crippen LogP) is 1.24. The summed E-state index contributed by atoms with van der Waals surface area (Å²) >= 11 is 1.93. The number of hydrogen-bond acceptors (Lipinski definition) is 3. The van der Waals surface area contributed by atoms with Crippen LogP contribution in [0.25, 0.3) is 0 Å². The van der Waals surface area contributed by atoms with Gasteiger partial charge in [-0.2, -0.15) is 11.8 Å². The molecule has 0 spiro atoms. The van der Waals surface area contributed by atoms with Crippen molar-refractivity contribution in [3.8, 4) is 0 Å². The molecule has 2 aliphatic rings. The fourth-order valence-electron chi connectivity index (χ4n) is 2.63. The number of nitrogens with one attached hydrogen (secondary N) is 3. The Morgan fingerprint density at radius 2 is 2.26 bits per heavy atom. The average Bonchev–Trinajstić information content (AvgIpc) is 2.92. The molecule has 0 saturated carbocycles. The maximum Gasteiger partial charge on any atom is 0.315 e. The van der Waals surface area contributed by atoms with E-state index in [1.807, 2.05) is 11.8 Å². The monoisotopic (exact) mass is 285 g/mol. The minimum Gasteiger partial charge on any atom is -0.356 e. The summed E-state index contributed by atoms with van der Waals surface area (Å²) in [7, 11) is 0.